The molecule has 0 bridgehead atoms. The lowest BCUT2D eigenvalue weighted by Gasteiger charge is -2.37. The zero-order valence-corrected chi connectivity index (χ0v) is 15.3. The van der Waals surface area contributed by atoms with E-state index in [4.69, 9.17) is 4.74 Å². The van der Waals surface area contributed by atoms with Crippen LogP contribution in [0.3, 0.4) is 0 Å². The van der Waals surface area contributed by atoms with Gasteiger partial charge < -0.3 is 14.7 Å². The van der Waals surface area contributed by atoms with Crippen molar-refractivity contribution < 1.29 is 24.2 Å². The van der Waals surface area contributed by atoms with Gasteiger partial charge >= 0.3 is 11.9 Å². The van der Waals surface area contributed by atoms with Crippen LogP contribution in [0.15, 0.2) is 22.5 Å². The van der Waals surface area contributed by atoms with Gasteiger partial charge in [-0.1, -0.05) is 13.3 Å². The Morgan fingerprint density at radius 3 is 2.12 bits per heavy atom. The summed E-state index contributed by atoms with van der Waals surface area (Å²) in [6, 6.07) is 0. The lowest BCUT2D eigenvalue weighted by Crippen LogP contribution is -2.38. The molecular weight excluding hydrogens is 310 g/mol. The van der Waals surface area contributed by atoms with Crippen LogP contribution in [0.25, 0.3) is 0 Å². The molecule has 1 unspecified atom stereocenters. The highest BCUT2D eigenvalue weighted by Crippen LogP contribution is 2.38. The summed E-state index contributed by atoms with van der Waals surface area (Å²) in [6.07, 6.45) is 1.08. The molecular formula is C18H27NO5. The van der Waals surface area contributed by atoms with Gasteiger partial charge in [0.05, 0.1) is 11.7 Å². The SMILES string of the molecule is CCCC1C(C(C)=O)=C(C)N(CC(=O)OC(C)C)C(C)=C1C(=O)O. The molecule has 0 aromatic carbocycles. The molecule has 0 saturated carbocycles. The zero-order valence-electron chi connectivity index (χ0n) is 15.3. The van der Waals surface area contributed by atoms with Gasteiger partial charge in [-0.15, -0.1) is 0 Å². The Morgan fingerprint density at radius 1 is 1.17 bits per heavy atom. The minimum absolute atomic E-state index is 0.109. The van der Waals surface area contributed by atoms with E-state index in [1.165, 1.54) is 6.92 Å². The Labute approximate surface area is 143 Å². The van der Waals surface area contributed by atoms with Crippen molar-refractivity contribution in [3.63, 3.8) is 0 Å². The van der Waals surface area contributed by atoms with Crippen LogP contribution in [0, 0.1) is 5.92 Å². The predicted octanol–water partition coefficient (Wildman–Crippen LogP) is 2.89. The van der Waals surface area contributed by atoms with Crippen LogP contribution in [-0.4, -0.2) is 40.4 Å². The molecule has 0 aromatic heterocycles. The Bertz CT molecular complexity index is 563. The summed E-state index contributed by atoms with van der Waals surface area (Å²) in [5.41, 5.74) is 1.77. The molecule has 1 N–H and O–H groups in total. The van der Waals surface area contributed by atoms with Gasteiger partial charge in [0.1, 0.15) is 6.54 Å². The fraction of sp³-hybridized carbons (Fsp3) is 0.611. The van der Waals surface area contributed by atoms with Crippen LogP contribution in [0.1, 0.15) is 54.4 Å². The number of hydrogen-bond donors (Lipinski definition) is 1. The van der Waals surface area contributed by atoms with Gasteiger partial charge in [-0.3, -0.25) is 9.59 Å². The average Bonchev–Trinajstić information content (AvgIpc) is 2.42. The summed E-state index contributed by atoms with van der Waals surface area (Å²) in [4.78, 5) is 37.6. The summed E-state index contributed by atoms with van der Waals surface area (Å²) in [6.45, 7) is 10.2. The first kappa shape index (κ1) is 19.9. The molecule has 1 aliphatic rings. The number of carboxylic acids is 1. The molecule has 0 aromatic rings. The number of carbonyl (C=O) groups excluding carboxylic acids is 2. The maximum absolute atomic E-state index is 12.2. The van der Waals surface area contributed by atoms with E-state index in [0.717, 1.165) is 6.42 Å². The molecule has 0 aliphatic carbocycles. The average molecular weight is 337 g/mol. The maximum atomic E-state index is 12.2. The molecule has 1 atom stereocenters. The first-order valence-electron chi connectivity index (χ1n) is 8.24. The molecule has 1 rings (SSSR count). The summed E-state index contributed by atoms with van der Waals surface area (Å²) < 4.78 is 5.16. The highest BCUT2D eigenvalue weighted by atomic mass is 16.5. The van der Waals surface area contributed by atoms with Crippen LogP contribution in [0.4, 0.5) is 0 Å². The normalized spacial score (nSPS) is 18.3. The Balaban J connectivity index is 3.38. The lowest BCUT2D eigenvalue weighted by atomic mass is 9.80. The van der Waals surface area contributed by atoms with E-state index in [1.54, 1.807) is 32.6 Å². The molecule has 1 heterocycles. The van der Waals surface area contributed by atoms with E-state index in [1.807, 2.05) is 6.92 Å². The lowest BCUT2D eigenvalue weighted by molar-refractivity contribution is -0.148. The predicted molar refractivity (Wildman–Crippen MR) is 90.0 cm³/mol. The number of carboxylic acid groups (broad SMARTS) is 1. The van der Waals surface area contributed by atoms with Crippen LogP contribution < -0.4 is 0 Å². The molecule has 0 amide bonds. The molecule has 0 radical (unpaired) electrons. The summed E-state index contributed by atoms with van der Waals surface area (Å²) in [7, 11) is 0. The number of allylic oxidation sites excluding steroid dienone is 3. The monoisotopic (exact) mass is 337 g/mol. The van der Waals surface area contributed by atoms with Crippen molar-refractivity contribution in [1.82, 2.24) is 4.90 Å². The number of carbonyl (C=O) groups is 3. The maximum Gasteiger partial charge on any atom is 0.333 e. The van der Waals surface area contributed by atoms with Crippen molar-refractivity contribution in [3.8, 4) is 0 Å². The molecule has 0 fully saturated rings. The van der Waals surface area contributed by atoms with Crippen molar-refractivity contribution in [2.24, 2.45) is 5.92 Å². The second kappa shape index (κ2) is 8.13. The number of ether oxygens (including phenoxy) is 1. The summed E-state index contributed by atoms with van der Waals surface area (Å²) in [5.74, 6) is -2.12. The van der Waals surface area contributed by atoms with E-state index in [0.29, 0.717) is 23.4 Å². The summed E-state index contributed by atoms with van der Waals surface area (Å²) >= 11 is 0. The molecule has 0 spiro atoms. The third kappa shape index (κ3) is 4.24. The minimum Gasteiger partial charge on any atom is -0.478 e. The topological polar surface area (TPSA) is 83.9 Å². The fourth-order valence-electron chi connectivity index (χ4n) is 3.24. The molecule has 6 nitrogen and oxygen atoms in total. The minimum atomic E-state index is -1.06. The van der Waals surface area contributed by atoms with Gasteiger partial charge in [0.15, 0.2) is 5.78 Å². The quantitative estimate of drug-likeness (QED) is 0.719. The van der Waals surface area contributed by atoms with E-state index in [-0.39, 0.29) is 24.0 Å². The van der Waals surface area contributed by atoms with Crippen molar-refractivity contribution in [3.05, 3.63) is 22.5 Å². The van der Waals surface area contributed by atoms with Crippen molar-refractivity contribution in [2.75, 3.05) is 6.54 Å². The van der Waals surface area contributed by atoms with E-state index >= 15 is 0 Å². The number of nitrogens with zero attached hydrogens (tertiary/aromatic N) is 1. The molecule has 24 heavy (non-hydrogen) atoms. The third-order valence-electron chi connectivity index (χ3n) is 4.13. The Hall–Kier alpha value is -2.11. The number of rotatable bonds is 7. The number of Topliss-reactive ketones (excluding diaryl/α,β-unsaturated/α-hetero) is 1. The van der Waals surface area contributed by atoms with E-state index in [2.05, 4.69) is 0 Å². The van der Waals surface area contributed by atoms with Crippen LogP contribution in [0.2, 0.25) is 0 Å². The molecule has 1 aliphatic heterocycles. The van der Waals surface area contributed by atoms with Gasteiger partial charge in [0.2, 0.25) is 0 Å². The summed E-state index contributed by atoms with van der Waals surface area (Å²) in [5, 5.41) is 9.65. The number of hydrogen-bond acceptors (Lipinski definition) is 5. The van der Waals surface area contributed by atoms with Crippen LogP contribution in [0.5, 0.6) is 0 Å². The Kier molecular flexibility index (Phi) is 6.75. The first-order valence-corrected chi connectivity index (χ1v) is 8.24. The van der Waals surface area contributed by atoms with Gasteiger partial charge in [-0.2, -0.15) is 0 Å². The van der Waals surface area contributed by atoms with Crippen molar-refractivity contribution in [1.29, 1.82) is 0 Å². The molecule has 6 heteroatoms. The van der Waals surface area contributed by atoms with E-state index in [9.17, 15) is 19.5 Å². The number of ketones is 1. The van der Waals surface area contributed by atoms with Crippen LogP contribution in [-0.2, 0) is 19.1 Å². The van der Waals surface area contributed by atoms with E-state index < -0.39 is 17.9 Å². The highest BCUT2D eigenvalue weighted by molar-refractivity contribution is 5.99. The fourth-order valence-corrected chi connectivity index (χ4v) is 3.24. The Morgan fingerprint density at radius 2 is 1.71 bits per heavy atom. The second-order valence-corrected chi connectivity index (χ2v) is 6.33. The first-order chi connectivity index (χ1) is 11.1. The van der Waals surface area contributed by atoms with Crippen LogP contribution >= 0.6 is 0 Å². The van der Waals surface area contributed by atoms with Gasteiger partial charge in [0, 0.05) is 22.9 Å². The van der Waals surface area contributed by atoms with Crippen molar-refractivity contribution >= 4 is 17.7 Å². The van der Waals surface area contributed by atoms with Crippen molar-refractivity contribution in [2.45, 2.75) is 60.5 Å². The standard InChI is InChI=1S/C18H27NO5/c1-7-8-14-16(13(6)20)11(4)19(9-15(21)24-10(2)3)12(5)17(14)18(22)23/h10,14H,7-9H2,1-6H3,(H,22,23). The van der Waals surface area contributed by atoms with Gasteiger partial charge in [0.25, 0.3) is 0 Å². The van der Waals surface area contributed by atoms with Gasteiger partial charge in [-0.25, -0.2) is 4.79 Å². The number of esters is 1. The number of aliphatic carboxylic acids is 1. The smallest absolute Gasteiger partial charge is 0.333 e. The second-order valence-electron chi connectivity index (χ2n) is 6.33. The molecule has 0 saturated heterocycles. The zero-order chi connectivity index (χ0) is 18.6. The van der Waals surface area contributed by atoms with Gasteiger partial charge in [-0.05, 0) is 41.0 Å². The third-order valence-corrected chi connectivity index (χ3v) is 4.13. The highest BCUT2D eigenvalue weighted by Gasteiger charge is 2.37. The largest absolute Gasteiger partial charge is 0.478 e. The molecule has 134 valence electrons.